The SMILES string of the molecule is CC(CCO)NCCC[N+](C)(C)C.Cl.[I-]. The Morgan fingerprint density at radius 1 is 1.27 bits per heavy atom. The first-order valence-corrected chi connectivity index (χ1v) is 5.10. The van der Waals surface area contributed by atoms with Crippen LogP contribution in [-0.2, 0) is 0 Å². The Morgan fingerprint density at radius 3 is 2.20 bits per heavy atom. The van der Waals surface area contributed by atoms with Gasteiger partial charge in [-0.2, -0.15) is 0 Å². The third-order valence-corrected chi connectivity index (χ3v) is 2.06. The number of nitrogens with zero attached hydrogens (tertiary/aromatic N) is 1. The van der Waals surface area contributed by atoms with Crippen LogP contribution in [0.2, 0.25) is 0 Å². The van der Waals surface area contributed by atoms with Gasteiger partial charge in [0.2, 0.25) is 0 Å². The van der Waals surface area contributed by atoms with Gasteiger partial charge in [0.1, 0.15) is 0 Å². The summed E-state index contributed by atoms with van der Waals surface area (Å²) in [5, 5.41) is 12.1. The van der Waals surface area contributed by atoms with Crippen LogP contribution in [0.3, 0.4) is 0 Å². The van der Waals surface area contributed by atoms with Crippen LogP contribution in [-0.4, -0.2) is 56.5 Å². The van der Waals surface area contributed by atoms with Crippen molar-refractivity contribution < 1.29 is 33.6 Å². The van der Waals surface area contributed by atoms with Crippen LogP contribution >= 0.6 is 12.4 Å². The molecule has 1 atom stereocenters. The average molecular weight is 353 g/mol. The van der Waals surface area contributed by atoms with Gasteiger partial charge in [0.15, 0.2) is 0 Å². The van der Waals surface area contributed by atoms with Gasteiger partial charge < -0.3 is 38.9 Å². The third kappa shape index (κ3) is 17.5. The van der Waals surface area contributed by atoms with Crippen molar-refractivity contribution in [1.29, 1.82) is 0 Å². The van der Waals surface area contributed by atoms with E-state index in [0.717, 1.165) is 17.4 Å². The van der Waals surface area contributed by atoms with Crippen molar-refractivity contribution in [1.82, 2.24) is 5.32 Å². The topological polar surface area (TPSA) is 32.3 Å². The lowest BCUT2D eigenvalue weighted by Gasteiger charge is -2.24. The fourth-order valence-corrected chi connectivity index (χ4v) is 1.20. The van der Waals surface area contributed by atoms with Gasteiger partial charge >= 0.3 is 0 Å². The fraction of sp³-hybridized carbons (Fsp3) is 1.00. The minimum atomic E-state index is 0. The highest BCUT2D eigenvalue weighted by Crippen LogP contribution is 1.94. The van der Waals surface area contributed by atoms with E-state index in [9.17, 15) is 0 Å². The van der Waals surface area contributed by atoms with Crippen LogP contribution in [0, 0.1) is 0 Å². The number of aliphatic hydroxyl groups excluding tert-OH is 1. The zero-order valence-corrected chi connectivity index (χ0v) is 13.3. The van der Waals surface area contributed by atoms with Crippen molar-refractivity contribution in [2.75, 3.05) is 40.8 Å². The van der Waals surface area contributed by atoms with E-state index in [0.29, 0.717) is 6.04 Å². The highest BCUT2D eigenvalue weighted by Gasteiger charge is 2.06. The normalized spacial score (nSPS) is 12.6. The van der Waals surface area contributed by atoms with Gasteiger partial charge in [-0.05, 0) is 13.3 Å². The number of quaternary nitrogens is 1. The molecule has 0 fully saturated rings. The summed E-state index contributed by atoms with van der Waals surface area (Å²) in [4.78, 5) is 0. The Kier molecular flexibility index (Phi) is 16.1. The molecule has 0 aromatic rings. The fourth-order valence-electron chi connectivity index (χ4n) is 1.20. The molecule has 0 saturated heterocycles. The standard InChI is InChI=1S/C10H25N2O.ClH.HI/c1-10(6-9-13)11-7-5-8-12(2,3)4;;/h10-11,13H,5-9H2,1-4H3;2*1H/q+1;;/p-1. The van der Waals surface area contributed by atoms with Crippen molar-refractivity contribution in [2.45, 2.75) is 25.8 Å². The minimum absolute atomic E-state index is 0. The molecule has 3 nitrogen and oxygen atoms in total. The molecule has 0 aliphatic carbocycles. The maximum absolute atomic E-state index is 8.68. The summed E-state index contributed by atoms with van der Waals surface area (Å²) >= 11 is 0. The molecule has 0 saturated carbocycles. The largest absolute Gasteiger partial charge is 1.00 e. The minimum Gasteiger partial charge on any atom is -1.00 e. The number of halogens is 2. The first-order chi connectivity index (χ1) is 5.95. The number of rotatable bonds is 7. The summed E-state index contributed by atoms with van der Waals surface area (Å²) in [5.74, 6) is 0. The van der Waals surface area contributed by atoms with Crippen molar-refractivity contribution in [2.24, 2.45) is 0 Å². The van der Waals surface area contributed by atoms with Crippen LogP contribution in [0.1, 0.15) is 19.8 Å². The Bertz CT molecular complexity index is 131. The summed E-state index contributed by atoms with van der Waals surface area (Å²) in [6, 6.07) is 0.442. The van der Waals surface area contributed by atoms with Crippen LogP contribution in [0.25, 0.3) is 0 Å². The molecule has 0 amide bonds. The molecule has 2 N–H and O–H groups in total. The Balaban J connectivity index is -0.000000720. The summed E-state index contributed by atoms with van der Waals surface area (Å²) in [6.45, 7) is 4.64. The molecule has 1 unspecified atom stereocenters. The van der Waals surface area contributed by atoms with E-state index >= 15 is 0 Å². The molecule has 0 spiro atoms. The number of nitrogens with one attached hydrogen (secondary N) is 1. The first-order valence-electron chi connectivity index (χ1n) is 5.10. The highest BCUT2D eigenvalue weighted by atomic mass is 127. The maximum atomic E-state index is 8.68. The molecule has 0 bridgehead atoms. The second-order valence-corrected chi connectivity index (χ2v) is 4.73. The molecule has 0 aliphatic rings. The van der Waals surface area contributed by atoms with E-state index in [4.69, 9.17) is 5.11 Å². The highest BCUT2D eigenvalue weighted by molar-refractivity contribution is 5.85. The van der Waals surface area contributed by atoms with Crippen molar-refractivity contribution in [3.63, 3.8) is 0 Å². The first kappa shape index (κ1) is 21.2. The quantitative estimate of drug-likeness (QED) is 0.312. The third-order valence-electron chi connectivity index (χ3n) is 2.06. The zero-order valence-electron chi connectivity index (χ0n) is 10.3. The number of hydrogen-bond acceptors (Lipinski definition) is 2. The van der Waals surface area contributed by atoms with Gasteiger partial charge in [-0.15, -0.1) is 12.4 Å². The summed E-state index contributed by atoms with van der Waals surface area (Å²) in [5.41, 5.74) is 0. The van der Waals surface area contributed by atoms with E-state index in [1.54, 1.807) is 0 Å². The van der Waals surface area contributed by atoms with Crippen LogP contribution in [0.5, 0.6) is 0 Å². The molecule has 15 heavy (non-hydrogen) atoms. The Morgan fingerprint density at radius 2 is 1.80 bits per heavy atom. The van der Waals surface area contributed by atoms with E-state index in [1.807, 2.05) is 0 Å². The second-order valence-electron chi connectivity index (χ2n) is 4.73. The molecule has 0 aromatic carbocycles. The zero-order chi connectivity index (χ0) is 10.3. The Hall–Kier alpha value is 0.900. The monoisotopic (exact) mass is 352 g/mol. The lowest BCUT2D eigenvalue weighted by molar-refractivity contribution is -0.870. The lowest BCUT2D eigenvalue weighted by atomic mass is 10.2. The maximum Gasteiger partial charge on any atom is 0.0792 e. The smallest absolute Gasteiger partial charge is 0.0792 e. The van der Waals surface area contributed by atoms with Gasteiger partial charge in [0.05, 0.1) is 27.7 Å². The lowest BCUT2D eigenvalue weighted by Crippen LogP contribution is -3.00. The van der Waals surface area contributed by atoms with E-state index in [-0.39, 0.29) is 43.0 Å². The van der Waals surface area contributed by atoms with E-state index in [2.05, 4.69) is 33.4 Å². The second kappa shape index (κ2) is 11.4. The van der Waals surface area contributed by atoms with Crippen molar-refractivity contribution in [3.05, 3.63) is 0 Å². The van der Waals surface area contributed by atoms with Crippen molar-refractivity contribution >= 4 is 12.4 Å². The predicted molar refractivity (Wildman–Crippen MR) is 63.9 cm³/mol. The molecular weight excluding hydrogens is 326 g/mol. The predicted octanol–water partition coefficient (Wildman–Crippen LogP) is -2.13. The van der Waals surface area contributed by atoms with Crippen LogP contribution in [0.4, 0.5) is 0 Å². The molecule has 0 radical (unpaired) electrons. The van der Waals surface area contributed by atoms with Gasteiger partial charge in [-0.1, -0.05) is 0 Å². The summed E-state index contributed by atoms with van der Waals surface area (Å²) in [6.07, 6.45) is 2.05. The van der Waals surface area contributed by atoms with Crippen LogP contribution in [0.15, 0.2) is 0 Å². The molecular formula is C10H26ClIN2O. The molecule has 5 heteroatoms. The molecule has 0 aliphatic heterocycles. The summed E-state index contributed by atoms with van der Waals surface area (Å²) < 4.78 is 1.02. The molecule has 96 valence electrons. The summed E-state index contributed by atoms with van der Waals surface area (Å²) in [7, 11) is 6.62. The molecule has 0 rings (SSSR count). The number of aliphatic hydroxyl groups is 1. The van der Waals surface area contributed by atoms with Gasteiger partial charge in [0, 0.05) is 25.6 Å². The van der Waals surface area contributed by atoms with Crippen molar-refractivity contribution in [3.8, 4) is 0 Å². The van der Waals surface area contributed by atoms with Gasteiger partial charge in [0.25, 0.3) is 0 Å². The molecule has 0 aromatic heterocycles. The van der Waals surface area contributed by atoms with E-state index < -0.39 is 0 Å². The average Bonchev–Trinajstić information content (AvgIpc) is 1.97. The Labute approximate surface area is 118 Å². The molecule has 0 heterocycles. The van der Waals surface area contributed by atoms with Gasteiger partial charge in [-0.3, -0.25) is 0 Å². The number of hydrogen-bond donors (Lipinski definition) is 2. The van der Waals surface area contributed by atoms with Crippen LogP contribution < -0.4 is 29.3 Å². The van der Waals surface area contributed by atoms with E-state index in [1.165, 1.54) is 13.0 Å². The van der Waals surface area contributed by atoms with Gasteiger partial charge in [-0.25, -0.2) is 0 Å².